The Morgan fingerprint density at radius 2 is 1.93 bits per heavy atom. The summed E-state index contributed by atoms with van der Waals surface area (Å²) in [5.74, 6) is 0. The van der Waals surface area contributed by atoms with E-state index < -0.39 is 10.0 Å². The van der Waals surface area contributed by atoms with E-state index in [9.17, 15) is 8.42 Å². The lowest BCUT2D eigenvalue weighted by Crippen LogP contribution is -2.46. The molecule has 0 aliphatic carbocycles. The predicted molar refractivity (Wildman–Crippen MR) is 61.4 cm³/mol. The van der Waals surface area contributed by atoms with Crippen LogP contribution in [0.3, 0.4) is 0 Å². The van der Waals surface area contributed by atoms with Crippen LogP contribution in [-0.4, -0.2) is 57.8 Å². The molecule has 0 aromatic carbocycles. The van der Waals surface area contributed by atoms with Crippen molar-refractivity contribution in [2.24, 2.45) is 0 Å². The highest BCUT2D eigenvalue weighted by molar-refractivity contribution is 7.90. The average Bonchev–Trinajstić information content (AvgIpc) is 2.19. The van der Waals surface area contributed by atoms with Crippen molar-refractivity contribution in [3.8, 4) is 0 Å². The third-order valence-electron chi connectivity index (χ3n) is 2.56. The molecule has 5 nitrogen and oxygen atoms in total. The largest absolute Gasteiger partial charge is 0.314 e. The van der Waals surface area contributed by atoms with Gasteiger partial charge in [0.15, 0.2) is 0 Å². The zero-order valence-corrected chi connectivity index (χ0v) is 10.3. The fraction of sp³-hybridized carbons (Fsp3) is 1.00. The molecule has 1 heterocycles. The van der Waals surface area contributed by atoms with Gasteiger partial charge in [-0.25, -0.2) is 13.1 Å². The van der Waals surface area contributed by atoms with Gasteiger partial charge in [-0.2, -0.15) is 0 Å². The molecule has 1 rings (SSSR count). The summed E-state index contributed by atoms with van der Waals surface area (Å²) in [6, 6.07) is 0. The first-order chi connectivity index (χ1) is 7.02. The van der Waals surface area contributed by atoms with Gasteiger partial charge in [-0.3, -0.25) is 4.90 Å². The van der Waals surface area contributed by atoms with E-state index in [0.717, 1.165) is 32.7 Å². The van der Waals surface area contributed by atoms with Gasteiger partial charge in [0.25, 0.3) is 0 Å². The predicted octanol–water partition coefficient (Wildman–Crippen LogP) is -0.781. The van der Waals surface area contributed by atoms with Crippen LogP contribution in [0.1, 0.15) is 13.8 Å². The fourth-order valence-corrected chi connectivity index (χ4v) is 2.16. The summed E-state index contributed by atoms with van der Waals surface area (Å²) in [7, 11) is -3.09. The van der Waals surface area contributed by atoms with Crippen molar-refractivity contribution in [1.29, 1.82) is 0 Å². The first-order valence-corrected chi connectivity index (χ1v) is 6.98. The summed E-state index contributed by atoms with van der Waals surface area (Å²) in [4.78, 5) is 2.26. The molecule has 0 radical (unpaired) electrons. The summed E-state index contributed by atoms with van der Waals surface area (Å²) in [6.07, 6.45) is 0. The number of rotatable bonds is 5. The van der Waals surface area contributed by atoms with Crippen molar-refractivity contribution in [3.63, 3.8) is 0 Å². The Hall–Kier alpha value is -0.170. The fourth-order valence-electron chi connectivity index (χ4n) is 1.45. The third-order valence-corrected chi connectivity index (χ3v) is 4.41. The second-order valence-electron chi connectivity index (χ2n) is 4.08. The normalized spacial score (nSPS) is 19.7. The minimum Gasteiger partial charge on any atom is -0.314 e. The number of nitrogens with zero attached hydrogens (tertiary/aromatic N) is 1. The van der Waals surface area contributed by atoms with Crippen LogP contribution < -0.4 is 10.0 Å². The molecule has 0 aromatic heterocycles. The monoisotopic (exact) mass is 235 g/mol. The van der Waals surface area contributed by atoms with E-state index in [4.69, 9.17) is 0 Å². The molecule has 0 aromatic rings. The van der Waals surface area contributed by atoms with Crippen molar-refractivity contribution in [2.45, 2.75) is 19.1 Å². The highest BCUT2D eigenvalue weighted by Crippen LogP contribution is 1.96. The molecule has 1 saturated heterocycles. The van der Waals surface area contributed by atoms with E-state index in [1.807, 2.05) is 0 Å². The van der Waals surface area contributed by atoms with Crippen molar-refractivity contribution in [2.75, 3.05) is 39.3 Å². The lowest BCUT2D eigenvalue weighted by atomic mass is 10.3. The zero-order valence-electron chi connectivity index (χ0n) is 9.49. The Labute approximate surface area is 92.3 Å². The van der Waals surface area contributed by atoms with Crippen LogP contribution in [0.5, 0.6) is 0 Å². The summed E-state index contributed by atoms with van der Waals surface area (Å²) in [6.45, 7) is 8.69. The van der Waals surface area contributed by atoms with Gasteiger partial charge in [-0.05, 0) is 13.8 Å². The van der Waals surface area contributed by atoms with Gasteiger partial charge in [0.05, 0.1) is 5.25 Å². The summed E-state index contributed by atoms with van der Waals surface area (Å²) in [5, 5.41) is 2.91. The Bertz CT molecular complexity index is 271. The molecule has 0 bridgehead atoms. The van der Waals surface area contributed by atoms with Crippen LogP contribution in [-0.2, 0) is 10.0 Å². The molecule has 15 heavy (non-hydrogen) atoms. The topological polar surface area (TPSA) is 61.4 Å². The highest BCUT2D eigenvalue weighted by atomic mass is 32.2. The molecule has 0 saturated carbocycles. The van der Waals surface area contributed by atoms with Crippen LogP contribution in [0.2, 0.25) is 0 Å². The molecule has 1 fully saturated rings. The number of hydrogen-bond donors (Lipinski definition) is 2. The molecular weight excluding hydrogens is 214 g/mol. The summed E-state index contributed by atoms with van der Waals surface area (Å²) >= 11 is 0. The van der Waals surface area contributed by atoms with Crippen molar-refractivity contribution >= 4 is 10.0 Å². The molecular formula is C9H21N3O2S. The number of piperazine rings is 1. The minimum atomic E-state index is -3.09. The average molecular weight is 235 g/mol. The van der Waals surface area contributed by atoms with E-state index in [1.54, 1.807) is 13.8 Å². The van der Waals surface area contributed by atoms with Gasteiger partial charge in [0.2, 0.25) is 10.0 Å². The second-order valence-corrected chi connectivity index (χ2v) is 6.40. The Balaban J connectivity index is 2.20. The Kier molecular flexibility index (Phi) is 4.98. The molecule has 0 spiro atoms. The molecule has 2 N–H and O–H groups in total. The number of nitrogens with one attached hydrogen (secondary N) is 2. The van der Waals surface area contributed by atoms with Crippen molar-refractivity contribution in [3.05, 3.63) is 0 Å². The van der Waals surface area contributed by atoms with Gasteiger partial charge < -0.3 is 5.32 Å². The Morgan fingerprint density at radius 1 is 1.33 bits per heavy atom. The first kappa shape index (κ1) is 12.9. The van der Waals surface area contributed by atoms with E-state index in [1.165, 1.54) is 0 Å². The van der Waals surface area contributed by atoms with Crippen LogP contribution in [0.4, 0.5) is 0 Å². The Morgan fingerprint density at radius 3 is 2.47 bits per heavy atom. The summed E-state index contributed by atoms with van der Waals surface area (Å²) < 4.78 is 25.5. The van der Waals surface area contributed by atoms with E-state index in [0.29, 0.717) is 6.54 Å². The smallest absolute Gasteiger partial charge is 0.213 e. The maximum atomic E-state index is 11.4. The molecule has 1 aliphatic heterocycles. The number of hydrogen-bond acceptors (Lipinski definition) is 4. The number of sulfonamides is 1. The van der Waals surface area contributed by atoms with Gasteiger partial charge in [-0.1, -0.05) is 0 Å². The highest BCUT2D eigenvalue weighted by Gasteiger charge is 2.15. The standard InChI is InChI=1S/C9H21N3O2S/c1-9(2)15(13,14)11-5-8-12-6-3-10-4-7-12/h9-11H,3-8H2,1-2H3. The molecule has 0 unspecified atom stereocenters. The van der Waals surface area contributed by atoms with Gasteiger partial charge >= 0.3 is 0 Å². The molecule has 6 heteroatoms. The minimum absolute atomic E-state index is 0.347. The quantitative estimate of drug-likeness (QED) is 0.656. The van der Waals surface area contributed by atoms with Crippen molar-refractivity contribution in [1.82, 2.24) is 14.9 Å². The van der Waals surface area contributed by atoms with Crippen LogP contribution >= 0.6 is 0 Å². The SMILES string of the molecule is CC(C)S(=O)(=O)NCCN1CCNCC1. The molecule has 90 valence electrons. The van der Waals surface area contributed by atoms with Crippen LogP contribution in [0.25, 0.3) is 0 Å². The van der Waals surface area contributed by atoms with Crippen molar-refractivity contribution < 1.29 is 8.42 Å². The van der Waals surface area contributed by atoms with Gasteiger partial charge in [-0.15, -0.1) is 0 Å². The second kappa shape index (κ2) is 5.79. The maximum Gasteiger partial charge on any atom is 0.213 e. The first-order valence-electron chi connectivity index (χ1n) is 5.44. The van der Waals surface area contributed by atoms with Crippen LogP contribution in [0, 0.1) is 0 Å². The third kappa shape index (κ3) is 4.46. The van der Waals surface area contributed by atoms with Crippen LogP contribution in [0.15, 0.2) is 0 Å². The van der Waals surface area contributed by atoms with E-state index >= 15 is 0 Å². The molecule has 0 atom stereocenters. The molecule has 0 amide bonds. The van der Waals surface area contributed by atoms with Gasteiger partial charge in [0.1, 0.15) is 0 Å². The van der Waals surface area contributed by atoms with Gasteiger partial charge in [0, 0.05) is 39.3 Å². The summed E-state index contributed by atoms with van der Waals surface area (Å²) in [5.41, 5.74) is 0. The zero-order chi connectivity index (χ0) is 11.3. The molecule has 1 aliphatic rings. The van der Waals surface area contributed by atoms with E-state index in [2.05, 4.69) is 14.9 Å². The lowest BCUT2D eigenvalue weighted by Gasteiger charge is -2.27. The van der Waals surface area contributed by atoms with E-state index in [-0.39, 0.29) is 5.25 Å². The lowest BCUT2D eigenvalue weighted by molar-refractivity contribution is 0.245. The maximum absolute atomic E-state index is 11.4.